The van der Waals surface area contributed by atoms with Crippen LogP contribution in [0.2, 0.25) is 0 Å². The van der Waals surface area contributed by atoms with Crippen molar-refractivity contribution in [2.45, 2.75) is 75.0 Å². The highest BCUT2D eigenvalue weighted by molar-refractivity contribution is 7.85. The van der Waals surface area contributed by atoms with Crippen molar-refractivity contribution >= 4 is 10.1 Å². The zero-order valence-electron chi connectivity index (χ0n) is 13.5. The molecule has 0 amide bonds. The third-order valence-electron chi connectivity index (χ3n) is 5.39. The fourth-order valence-corrected chi connectivity index (χ4v) is 4.75. The van der Waals surface area contributed by atoms with Crippen LogP contribution in [0.5, 0.6) is 0 Å². The third-order valence-corrected chi connectivity index (χ3v) is 5.96. The van der Waals surface area contributed by atoms with E-state index in [4.69, 9.17) is 18.5 Å². The van der Waals surface area contributed by atoms with E-state index in [1.807, 2.05) is 5.06 Å². The van der Waals surface area contributed by atoms with E-state index < -0.39 is 10.1 Å². The first-order valence-corrected chi connectivity index (χ1v) is 10.4. The second kappa shape index (κ2) is 5.93. The van der Waals surface area contributed by atoms with E-state index in [0.717, 1.165) is 44.8 Å². The predicted octanol–water partition coefficient (Wildman–Crippen LogP) is 1.19. The number of rotatable bonds is 4. The Labute approximate surface area is 137 Å². The van der Waals surface area contributed by atoms with Gasteiger partial charge >= 0.3 is 0 Å². The number of hydroxylamine groups is 2. The summed E-state index contributed by atoms with van der Waals surface area (Å²) in [6, 6.07) is 0.100. The molecule has 5 atom stereocenters. The van der Waals surface area contributed by atoms with Gasteiger partial charge < -0.3 is 9.47 Å². The van der Waals surface area contributed by atoms with Crippen LogP contribution in [0.25, 0.3) is 0 Å². The highest BCUT2D eigenvalue weighted by Gasteiger charge is 2.53. The lowest BCUT2D eigenvalue weighted by atomic mass is 9.93. The van der Waals surface area contributed by atoms with Crippen LogP contribution in [0.15, 0.2) is 0 Å². The molecule has 132 valence electrons. The molecule has 3 heterocycles. The Kier molecular flexibility index (Phi) is 4.18. The first-order valence-electron chi connectivity index (χ1n) is 8.55. The average Bonchev–Trinajstić information content (AvgIpc) is 3.19. The van der Waals surface area contributed by atoms with Gasteiger partial charge in [-0.05, 0) is 25.7 Å². The number of nitrogens with zero attached hydrogens (tertiary/aromatic N) is 1. The molecule has 0 aromatic rings. The molecule has 0 radical (unpaired) electrons. The van der Waals surface area contributed by atoms with Crippen LogP contribution >= 0.6 is 0 Å². The van der Waals surface area contributed by atoms with Crippen LogP contribution in [0, 0.1) is 0 Å². The van der Waals surface area contributed by atoms with Crippen molar-refractivity contribution in [3.8, 4) is 0 Å². The van der Waals surface area contributed by atoms with Crippen molar-refractivity contribution in [3.63, 3.8) is 0 Å². The zero-order valence-corrected chi connectivity index (χ0v) is 14.3. The van der Waals surface area contributed by atoms with E-state index in [9.17, 15) is 8.42 Å². The molecule has 8 heteroatoms. The molecule has 0 aromatic heterocycles. The summed E-state index contributed by atoms with van der Waals surface area (Å²) >= 11 is 0. The summed E-state index contributed by atoms with van der Waals surface area (Å²) in [5.41, 5.74) is 0. The van der Waals surface area contributed by atoms with Crippen molar-refractivity contribution in [3.05, 3.63) is 0 Å². The monoisotopic (exact) mass is 347 g/mol. The van der Waals surface area contributed by atoms with Gasteiger partial charge in [-0.25, -0.2) is 0 Å². The van der Waals surface area contributed by atoms with Crippen LogP contribution in [0.1, 0.15) is 44.9 Å². The molecule has 7 nitrogen and oxygen atoms in total. The average molecular weight is 347 g/mol. The molecule has 2 bridgehead atoms. The molecule has 4 rings (SSSR count). The van der Waals surface area contributed by atoms with Crippen molar-refractivity contribution < 1.29 is 26.9 Å². The first kappa shape index (κ1) is 16.2. The van der Waals surface area contributed by atoms with Gasteiger partial charge in [-0.1, -0.05) is 6.42 Å². The lowest BCUT2D eigenvalue weighted by Crippen LogP contribution is -2.48. The Hall–Kier alpha value is -0.250. The van der Waals surface area contributed by atoms with Gasteiger partial charge in [0.25, 0.3) is 10.1 Å². The van der Waals surface area contributed by atoms with Gasteiger partial charge in [-0.3, -0.25) is 9.02 Å². The Balaban J connectivity index is 1.38. The minimum absolute atomic E-state index is 0.000802. The fourth-order valence-electron chi connectivity index (χ4n) is 4.35. The summed E-state index contributed by atoms with van der Waals surface area (Å²) in [6.07, 6.45) is 8.46. The molecule has 3 aliphatic heterocycles. The second-order valence-corrected chi connectivity index (χ2v) is 8.85. The smallest absolute Gasteiger partial charge is 0.264 e. The van der Waals surface area contributed by atoms with Crippen molar-refractivity contribution in [1.29, 1.82) is 0 Å². The normalized spacial score (nSPS) is 42.6. The zero-order chi connectivity index (χ0) is 16.1. The molecular weight excluding hydrogens is 322 g/mol. The Bertz CT molecular complexity index is 546. The molecule has 3 saturated heterocycles. The molecule has 0 aromatic carbocycles. The summed E-state index contributed by atoms with van der Waals surface area (Å²) in [5, 5.41) is 1.91. The van der Waals surface area contributed by atoms with Crippen molar-refractivity contribution in [2.24, 2.45) is 0 Å². The van der Waals surface area contributed by atoms with E-state index in [1.165, 1.54) is 6.42 Å². The van der Waals surface area contributed by atoms with Gasteiger partial charge in [-0.2, -0.15) is 13.5 Å². The van der Waals surface area contributed by atoms with Gasteiger partial charge in [0.15, 0.2) is 5.79 Å². The highest BCUT2D eigenvalue weighted by Crippen LogP contribution is 2.44. The molecule has 23 heavy (non-hydrogen) atoms. The Morgan fingerprint density at radius 2 is 2.00 bits per heavy atom. The lowest BCUT2D eigenvalue weighted by Gasteiger charge is -2.35. The molecule has 1 spiro atoms. The molecule has 4 aliphatic rings. The minimum Gasteiger partial charge on any atom is -0.347 e. The number of hydrogen-bond donors (Lipinski definition) is 0. The molecule has 1 saturated carbocycles. The number of hydrogen-bond acceptors (Lipinski definition) is 7. The summed E-state index contributed by atoms with van der Waals surface area (Å²) in [7, 11) is -3.43. The fraction of sp³-hybridized carbons (Fsp3) is 1.00. The Morgan fingerprint density at radius 3 is 2.70 bits per heavy atom. The summed E-state index contributed by atoms with van der Waals surface area (Å²) in [4.78, 5) is 5.87. The Morgan fingerprint density at radius 1 is 1.22 bits per heavy atom. The summed E-state index contributed by atoms with van der Waals surface area (Å²) in [6.45, 7) is 0.738. The van der Waals surface area contributed by atoms with Gasteiger partial charge in [0, 0.05) is 12.8 Å². The molecule has 1 unspecified atom stereocenters. The standard InChI is InChI=1S/C15H25NO6S/c1-23(17,18)20-9-11-7-12-8-13(16(11)22-12)14-10-19-15(21-14)5-3-2-4-6-15/h11-14H,2-10H2,1H3/t11-,12-,13+,14-/m1/s1. The highest BCUT2D eigenvalue weighted by atomic mass is 32.2. The SMILES string of the molecule is CS(=O)(=O)OC[C@H]1C[C@@H]2C[C@@H]([C@H]3COC4(CCCCC4)O3)N1O2. The maximum absolute atomic E-state index is 11.2. The van der Waals surface area contributed by atoms with E-state index in [0.29, 0.717) is 6.61 Å². The van der Waals surface area contributed by atoms with Crippen LogP contribution in [-0.2, 0) is 28.6 Å². The number of fused-ring (bicyclic) bond motifs is 2. The third kappa shape index (κ3) is 3.29. The molecular formula is C15H25NO6S. The summed E-state index contributed by atoms with van der Waals surface area (Å²) < 4.78 is 39.7. The van der Waals surface area contributed by atoms with E-state index in [2.05, 4.69) is 0 Å². The largest absolute Gasteiger partial charge is 0.347 e. The maximum Gasteiger partial charge on any atom is 0.264 e. The van der Waals surface area contributed by atoms with Gasteiger partial charge in [-0.15, -0.1) is 0 Å². The van der Waals surface area contributed by atoms with Gasteiger partial charge in [0.1, 0.15) is 6.10 Å². The maximum atomic E-state index is 11.2. The lowest BCUT2D eigenvalue weighted by molar-refractivity contribution is -0.206. The van der Waals surface area contributed by atoms with Crippen LogP contribution in [0.3, 0.4) is 0 Å². The van der Waals surface area contributed by atoms with E-state index in [-0.39, 0.29) is 36.7 Å². The predicted molar refractivity (Wildman–Crippen MR) is 81.0 cm³/mol. The van der Waals surface area contributed by atoms with Crippen LogP contribution in [-0.4, -0.2) is 63.0 Å². The van der Waals surface area contributed by atoms with Gasteiger partial charge in [0.2, 0.25) is 0 Å². The van der Waals surface area contributed by atoms with Crippen LogP contribution < -0.4 is 0 Å². The molecule has 0 N–H and O–H groups in total. The van der Waals surface area contributed by atoms with Crippen molar-refractivity contribution in [2.75, 3.05) is 19.5 Å². The first-order chi connectivity index (χ1) is 10.9. The summed E-state index contributed by atoms with van der Waals surface area (Å²) in [5.74, 6) is -0.384. The minimum atomic E-state index is -3.43. The number of ether oxygens (including phenoxy) is 2. The number of piperidine rings is 1. The van der Waals surface area contributed by atoms with Crippen molar-refractivity contribution in [1.82, 2.24) is 5.06 Å². The topological polar surface area (TPSA) is 74.3 Å². The quantitative estimate of drug-likeness (QED) is 0.707. The molecule has 4 fully saturated rings. The van der Waals surface area contributed by atoms with Crippen LogP contribution in [0.4, 0.5) is 0 Å². The van der Waals surface area contributed by atoms with Gasteiger partial charge in [0.05, 0.1) is 37.7 Å². The van der Waals surface area contributed by atoms with E-state index >= 15 is 0 Å². The molecule has 1 aliphatic carbocycles. The van der Waals surface area contributed by atoms with E-state index in [1.54, 1.807) is 0 Å². The second-order valence-electron chi connectivity index (χ2n) is 7.21.